The van der Waals surface area contributed by atoms with Crippen LogP contribution in [0.15, 0.2) is 29.2 Å². The Balaban J connectivity index is 1.90. The quantitative estimate of drug-likeness (QED) is 0.836. The van der Waals surface area contributed by atoms with Gasteiger partial charge in [0.25, 0.3) is 5.56 Å². The monoisotopic (exact) mass is 414 g/mol. The van der Waals surface area contributed by atoms with Crippen molar-refractivity contribution in [1.29, 1.82) is 0 Å². The fraction of sp³-hybridized carbons (Fsp3) is 0.353. The number of aromatic nitrogens is 2. The minimum Gasteiger partial charge on any atom is -0.370 e. The molecule has 3 rings (SSSR count). The largest absolute Gasteiger partial charge is 0.370 e. The third kappa shape index (κ3) is 3.68. The molecule has 9 heteroatoms. The molecule has 1 aromatic carbocycles. The predicted octanol–water partition coefficient (Wildman–Crippen LogP) is 3.16. The van der Waals surface area contributed by atoms with Gasteiger partial charge in [0.2, 0.25) is 5.91 Å². The Labute approximate surface area is 165 Å². The maximum atomic E-state index is 12.2. The van der Waals surface area contributed by atoms with Crippen LogP contribution in [0, 0.1) is 5.92 Å². The number of piperidine rings is 1. The summed E-state index contributed by atoms with van der Waals surface area (Å²) in [5, 5.41) is 7.18. The lowest BCUT2D eigenvalue weighted by molar-refractivity contribution is -0.124. The summed E-state index contributed by atoms with van der Waals surface area (Å²) in [6.07, 6.45) is 3.07. The summed E-state index contributed by atoms with van der Waals surface area (Å²) in [5.74, 6) is -0.0298. The van der Waals surface area contributed by atoms with Gasteiger partial charge in [0.1, 0.15) is 5.02 Å². The lowest BCUT2D eigenvalue weighted by atomic mass is 9.96. The number of nitrogens with zero attached hydrogens (tertiary/aromatic N) is 3. The van der Waals surface area contributed by atoms with E-state index in [1.54, 1.807) is 19.2 Å². The molecule has 1 unspecified atom stereocenters. The number of hydrogen-bond donors (Lipinski definition) is 1. The number of nitrogens with one attached hydrogen (secondary N) is 1. The van der Waals surface area contributed by atoms with Crippen LogP contribution in [0.4, 0.5) is 5.69 Å². The first-order chi connectivity index (χ1) is 12.4. The third-order valence-corrected chi connectivity index (χ3v) is 5.48. The number of carbonyl (C=O) groups excluding carboxylic acids is 1. The van der Waals surface area contributed by atoms with Gasteiger partial charge in [-0.2, -0.15) is 9.78 Å². The molecule has 1 N–H and O–H groups in total. The molecule has 1 fully saturated rings. The van der Waals surface area contributed by atoms with Crippen LogP contribution in [-0.2, 0) is 4.79 Å². The van der Waals surface area contributed by atoms with E-state index in [-0.39, 0.29) is 21.9 Å². The molecule has 0 bridgehead atoms. The summed E-state index contributed by atoms with van der Waals surface area (Å²) in [4.78, 5) is 26.2. The highest BCUT2D eigenvalue weighted by Crippen LogP contribution is 2.31. The molecule has 1 saturated heterocycles. The smallest absolute Gasteiger partial charge is 0.291 e. The summed E-state index contributed by atoms with van der Waals surface area (Å²) >= 11 is 18.2. The van der Waals surface area contributed by atoms with Gasteiger partial charge in [-0.3, -0.25) is 9.59 Å². The standard InChI is InChI=1S/C17H17Cl3N4O2/c1-21-16(25)10-3-2-6-23(9-10)14-5-4-11(7-12(14)18)24-17(26)15(20)13(19)8-22-24/h4-5,7-8,10H,2-3,6,9H2,1H3,(H,21,25). The number of benzene rings is 1. The van der Waals surface area contributed by atoms with E-state index in [2.05, 4.69) is 15.3 Å². The van der Waals surface area contributed by atoms with E-state index in [0.717, 1.165) is 29.8 Å². The van der Waals surface area contributed by atoms with Crippen molar-refractivity contribution >= 4 is 46.4 Å². The highest BCUT2D eigenvalue weighted by atomic mass is 35.5. The maximum Gasteiger partial charge on any atom is 0.291 e. The van der Waals surface area contributed by atoms with Crippen molar-refractivity contribution in [3.8, 4) is 5.69 Å². The lowest BCUT2D eigenvalue weighted by Gasteiger charge is -2.34. The van der Waals surface area contributed by atoms with E-state index in [4.69, 9.17) is 34.8 Å². The average molecular weight is 416 g/mol. The SMILES string of the molecule is CNC(=O)C1CCCN(c2ccc(-n3ncc(Cl)c(Cl)c3=O)cc2Cl)C1. The van der Waals surface area contributed by atoms with Gasteiger partial charge in [-0.1, -0.05) is 34.8 Å². The van der Waals surface area contributed by atoms with Crippen LogP contribution in [0.2, 0.25) is 15.1 Å². The second-order valence-corrected chi connectivity index (χ2v) is 7.25. The van der Waals surface area contributed by atoms with Gasteiger partial charge >= 0.3 is 0 Å². The molecule has 1 aliphatic rings. The van der Waals surface area contributed by atoms with E-state index >= 15 is 0 Å². The van der Waals surface area contributed by atoms with Crippen LogP contribution >= 0.6 is 34.8 Å². The van der Waals surface area contributed by atoms with Crippen LogP contribution in [0.3, 0.4) is 0 Å². The fourth-order valence-corrected chi connectivity index (χ4v) is 3.64. The Morgan fingerprint density at radius 1 is 1.27 bits per heavy atom. The molecule has 26 heavy (non-hydrogen) atoms. The molecule has 0 spiro atoms. The Bertz CT molecular complexity index is 900. The molecule has 0 radical (unpaired) electrons. The van der Waals surface area contributed by atoms with Gasteiger partial charge in [0.05, 0.1) is 33.5 Å². The molecule has 0 saturated carbocycles. The first-order valence-corrected chi connectivity index (χ1v) is 9.25. The van der Waals surface area contributed by atoms with Crippen molar-refractivity contribution in [2.45, 2.75) is 12.8 Å². The molecule has 1 amide bonds. The van der Waals surface area contributed by atoms with Crippen LogP contribution in [0.5, 0.6) is 0 Å². The summed E-state index contributed by atoms with van der Waals surface area (Å²) in [6, 6.07) is 5.21. The number of hydrogen-bond acceptors (Lipinski definition) is 4. The van der Waals surface area contributed by atoms with E-state index in [1.807, 2.05) is 6.07 Å². The van der Waals surface area contributed by atoms with Crippen molar-refractivity contribution in [2.75, 3.05) is 25.0 Å². The van der Waals surface area contributed by atoms with E-state index in [1.165, 1.54) is 6.20 Å². The van der Waals surface area contributed by atoms with Crippen LogP contribution < -0.4 is 15.8 Å². The zero-order chi connectivity index (χ0) is 18.8. The van der Waals surface area contributed by atoms with Gasteiger partial charge in [-0.25, -0.2) is 0 Å². The summed E-state index contributed by atoms with van der Waals surface area (Å²) < 4.78 is 1.15. The molecular weight excluding hydrogens is 399 g/mol. The Hall–Kier alpha value is -1.76. The van der Waals surface area contributed by atoms with E-state index < -0.39 is 5.56 Å². The second kappa shape index (κ2) is 7.86. The molecule has 2 heterocycles. The third-order valence-electron chi connectivity index (χ3n) is 4.43. The molecule has 6 nitrogen and oxygen atoms in total. The number of carbonyl (C=O) groups is 1. The minimum absolute atomic E-state index is 0.0361. The van der Waals surface area contributed by atoms with Crippen molar-refractivity contribution in [3.63, 3.8) is 0 Å². The average Bonchev–Trinajstić information content (AvgIpc) is 2.65. The number of anilines is 1. The van der Waals surface area contributed by atoms with E-state index in [0.29, 0.717) is 17.3 Å². The highest BCUT2D eigenvalue weighted by molar-refractivity contribution is 6.41. The molecule has 1 atom stereocenters. The first-order valence-electron chi connectivity index (χ1n) is 8.12. The summed E-state index contributed by atoms with van der Waals surface area (Å²) in [7, 11) is 1.64. The Morgan fingerprint density at radius 3 is 2.73 bits per heavy atom. The normalized spacial score (nSPS) is 17.2. The summed E-state index contributed by atoms with van der Waals surface area (Å²) in [5.41, 5.74) is 0.792. The molecule has 1 aliphatic heterocycles. The molecular formula is C17H17Cl3N4O2. The van der Waals surface area contributed by atoms with Crippen molar-refractivity contribution in [1.82, 2.24) is 15.1 Å². The number of rotatable bonds is 3. The Kier molecular flexibility index (Phi) is 5.75. The zero-order valence-electron chi connectivity index (χ0n) is 14.0. The van der Waals surface area contributed by atoms with Gasteiger partial charge < -0.3 is 10.2 Å². The second-order valence-electron chi connectivity index (χ2n) is 6.06. The summed E-state index contributed by atoms with van der Waals surface area (Å²) in [6.45, 7) is 1.42. The first kappa shape index (κ1) is 19.0. The zero-order valence-corrected chi connectivity index (χ0v) is 16.3. The fourth-order valence-electron chi connectivity index (χ4n) is 3.09. The van der Waals surface area contributed by atoms with Gasteiger partial charge in [-0.05, 0) is 31.0 Å². The van der Waals surface area contributed by atoms with Crippen LogP contribution in [0.25, 0.3) is 5.69 Å². The van der Waals surface area contributed by atoms with Crippen molar-refractivity contribution in [2.24, 2.45) is 5.92 Å². The molecule has 2 aromatic rings. The topological polar surface area (TPSA) is 67.2 Å². The number of halogens is 3. The highest BCUT2D eigenvalue weighted by Gasteiger charge is 2.26. The molecule has 138 valence electrons. The van der Waals surface area contributed by atoms with Gasteiger partial charge in [0, 0.05) is 20.1 Å². The minimum atomic E-state index is -0.513. The van der Waals surface area contributed by atoms with Crippen molar-refractivity contribution in [3.05, 3.63) is 49.8 Å². The van der Waals surface area contributed by atoms with Gasteiger partial charge in [0.15, 0.2) is 0 Å². The molecule has 1 aromatic heterocycles. The van der Waals surface area contributed by atoms with Crippen molar-refractivity contribution < 1.29 is 4.79 Å². The van der Waals surface area contributed by atoms with E-state index in [9.17, 15) is 9.59 Å². The van der Waals surface area contributed by atoms with Crippen LogP contribution in [-0.4, -0.2) is 35.8 Å². The van der Waals surface area contributed by atoms with Crippen LogP contribution in [0.1, 0.15) is 12.8 Å². The Morgan fingerprint density at radius 2 is 2.04 bits per heavy atom. The lowest BCUT2D eigenvalue weighted by Crippen LogP contribution is -2.42. The number of amides is 1. The van der Waals surface area contributed by atoms with Gasteiger partial charge in [-0.15, -0.1) is 0 Å². The molecule has 0 aliphatic carbocycles. The predicted molar refractivity (Wildman–Crippen MR) is 104 cm³/mol. The maximum absolute atomic E-state index is 12.2.